The predicted molar refractivity (Wildman–Crippen MR) is 98.0 cm³/mol. The Bertz CT molecular complexity index is 435. The Morgan fingerprint density at radius 3 is 2.43 bits per heavy atom. The van der Waals surface area contributed by atoms with Gasteiger partial charge in [-0.3, -0.25) is 4.79 Å². The Morgan fingerprint density at radius 2 is 1.86 bits per heavy atom. The van der Waals surface area contributed by atoms with Gasteiger partial charge in [0.1, 0.15) is 0 Å². The van der Waals surface area contributed by atoms with Crippen molar-refractivity contribution in [3.63, 3.8) is 0 Å². The number of carbonyl (C=O) groups is 1. The number of nitrogens with zero attached hydrogens (tertiary/aromatic N) is 2. The number of aliphatic imine (C=N–C) groups is 1. The van der Waals surface area contributed by atoms with E-state index < -0.39 is 0 Å². The van der Waals surface area contributed by atoms with E-state index in [9.17, 15) is 4.79 Å². The van der Waals surface area contributed by atoms with E-state index in [1.807, 2.05) is 30.3 Å². The van der Waals surface area contributed by atoms with Crippen molar-refractivity contribution in [3.8, 4) is 0 Å². The number of nitrogens with one attached hydrogen (secondary N) is 2. The van der Waals surface area contributed by atoms with E-state index in [1.54, 1.807) is 19.0 Å². The van der Waals surface area contributed by atoms with Gasteiger partial charge in [0, 0.05) is 20.6 Å². The molecular weight excluding hydrogens is 379 g/mol. The molecular formula is C15H25IN4O. The third kappa shape index (κ3) is 8.54. The van der Waals surface area contributed by atoms with Crippen molar-refractivity contribution in [2.75, 3.05) is 27.2 Å². The molecule has 0 bridgehead atoms. The Balaban J connectivity index is 0.00000400. The second-order valence-electron chi connectivity index (χ2n) is 4.72. The van der Waals surface area contributed by atoms with E-state index in [-0.39, 0.29) is 36.4 Å². The number of guanidine groups is 1. The van der Waals surface area contributed by atoms with Gasteiger partial charge in [-0.2, -0.15) is 0 Å². The van der Waals surface area contributed by atoms with Crippen LogP contribution in [-0.4, -0.2) is 44.0 Å². The molecule has 1 aromatic rings. The zero-order chi connectivity index (χ0) is 14.8. The molecule has 21 heavy (non-hydrogen) atoms. The number of carbonyl (C=O) groups excluding carboxylic acids is 1. The Morgan fingerprint density at radius 1 is 1.19 bits per heavy atom. The van der Waals surface area contributed by atoms with Crippen LogP contribution < -0.4 is 10.6 Å². The molecule has 0 radical (unpaired) electrons. The summed E-state index contributed by atoms with van der Waals surface area (Å²) in [7, 11) is 3.48. The Hall–Kier alpha value is -1.31. The highest BCUT2D eigenvalue weighted by Crippen LogP contribution is 1.99. The van der Waals surface area contributed by atoms with Gasteiger partial charge in [-0.1, -0.05) is 37.3 Å². The third-order valence-corrected chi connectivity index (χ3v) is 2.71. The van der Waals surface area contributed by atoms with Crippen LogP contribution in [0.3, 0.4) is 0 Å². The van der Waals surface area contributed by atoms with Crippen LogP contribution in [0.4, 0.5) is 0 Å². The van der Waals surface area contributed by atoms with Gasteiger partial charge in [0.25, 0.3) is 0 Å². The minimum Gasteiger partial charge on any atom is -0.356 e. The van der Waals surface area contributed by atoms with Crippen LogP contribution in [0.5, 0.6) is 0 Å². The van der Waals surface area contributed by atoms with Crippen LogP contribution in [-0.2, 0) is 11.3 Å². The van der Waals surface area contributed by atoms with Gasteiger partial charge in [0.15, 0.2) is 5.96 Å². The van der Waals surface area contributed by atoms with Gasteiger partial charge < -0.3 is 15.5 Å². The van der Waals surface area contributed by atoms with Gasteiger partial charge >= 0.3 is 0 Å². The van der Waals surface area contributed by atoms with Gasteiger partial charge in [-0.25, -0.2) is 4.99 Å². The molecule has 0 heterocycles. The summed E-state index contributed by atoms with van der Waals surface area (Å²) in [5.74, 6) is 0.696. The first-order valence-corrected chi connectivity index (χ1v) is 6.89. The van der Waals surface area contributed by atoms with E-state index in [0.717, 1.165) is 18.5 Å². The molecule has 0 aliphatic carbocycles. The summed E-state index contributed by atoms with van der Waals surface area (Å²) in [5, 5.41) is 6.26. The zero-order valence-corrected chi connectivity index (χ0v) is 15.3. The zero-order valence-electron chi connectivity index (χ0n) is 12.9. The fraction of sp³-hybridized carbons (Fsp3) is 0.467. The Labute approximate surface area is 144 Å². The standard InChI is InChI=1S/C15H24N4O.HI/c1-4-10-16-15(18-12-14(20)19(2)3)17-11-13-8-6-5-7-9-13;/h5-9H,4,10-12H2,1-3H3,(H2,16,17,18);1H. The molecule has 0 saturated heterocycles. The maximum Gasteiger partial charge on any atom is 0.241 e. The van der Waals surface area contributed by atoms with E-state index in [2.05, 4.69) is 22.5 Å². The summed E-state index contributed by atoms with van der Waals surface area (Å²) >= 11 is 0. The summed E-state index contributed by atoms with van der Waals surface area (Å²) in [6.07, 6.45) is 1.01. The average molecular weight is 404 g/mol. The van der Waals surface area contributed by atoms with Crippen molar-refractivity contribution < 1.29 is 4.79 Å². The fourth-order valence-electron chi connectivity index (χ4n) is 1.49. The van der Waals surface area contributed by atoms with Gasteiger partial charge in [-0.15, -0.1) is 24.0 Å². The highest BCUT2D eigenvalue weighted by molar-refractivity contribution is 14.0. The largest absolute Gasteiger partial charge is 0.356 e. The molecule has 118 valence electrons. The van der Waals surface area contributed by atoms with Crippen molar-refractivity contribution in [1.29, 1.82) is 0 Å². The van der Waals surface area contributed by atoms with Crippen molar-refractivity contribution in [2.45, 2.75) is 19.9 Å². The normalized spacial score (nSPS) is 10.5. The molecule has 0 spiro atoms. The van der Waals surface area contributed by atoms with E-state index >= 15 is 0 Å². The summed E-state index contributed by atoms with van der Waals surface area (Å²) in [4.78, 5) is 17.6. The minimum atomic E-state index is 0. The number of hydrogen-bond acceptors (Lipinski definition) is 2. The molecule has 1 rings (SSSR count). The van der Waals surface area contributed by atoms with Crippen LogP contribution in [0.15, 0.2) is 35.3 Å². The van der Waals surface area contributed by atoms with Crippen LogP contribution in [0.2, 0.25) is 0 Å². The molecule has 0 aromatic heterocycles. The van der Waals surface area contributed by atoms with Crippen molar-refractivity contribution >= 4 is 35.8 Å². The summed E-state index contributed by atoms with van der Waals surface area (Å²) in [6, 6.07) is 10.0. The van der Waals surface area contributed by atoms with Crippen LogP contribution in [0.25, 0.3) is 0 Å². The summed E-state index contributed by atoms with van der Waals surface area (Å²) < 4.78 is 0. The number of likely N-dealkylation sites (N-methyl/N-ethyl adjacent to an activating group) is 1. The second kappa shape index (κ2) is 11.4. The molecule has 1 amide bonds. The molecule has 0 fully saturated rings. The number of rotatable bonds is 6. The lowest BCUT2D eigenvalue weighted by molar-refractivity contribution is -0.127. The molecule has 0 unspecified atom stereocenters. The highest BCUT2D eigenvalue weighted by Gasteiger charge is 2.05. The first-order valence-electron chi connectivity index (χ1n) is 6.89. The highest BCUT2D eigenvalue weighted by atomic mass is 127. The second-order valence-corrected chi connectivity index (χ2v) is 4.72. The maximum atomic E-state index is 11.6. The van der Waals surface area contributed by atoms with E-state index in [4.69, 9.17) is 0 Å². The van der Waals surface area contributed by atoms with Crippen LogP contribution in [0, 0.1) is 0 Å². The van der Waals surface area contributed by atoms with E-state index in [1.165, 1.54) is 0 Å². The number of amides is 1. The summed E-state index contributed by atoms with van der Waals surface area (Å²) in [5.41, 5.74) is 1.14. The number of hydrogen-bond donors (Lipinski definition) is 2. The lowest BCUT2D eigenvalue weighted by atomic mass is 10.2. The first kappa shape index (κ1) is 19.7. The fourth-order valence-corrected chi connectivity index (χ4v) is 1.49. The molecule has 1 aromatic carbocycles. The van der Waals surface area contributed by atoms with Gasteiger partial charge in [-0.05, 0) is 12.0 Å². The predicted octanol–water partition coefficient (Wildman–Crippen LogP) is 1.84. The first-order chi connectivity index (χ1) is 9.63. The molecule has 0 aliphatic heterocycles. The lowest BCUT2D eigenvalue weighted by Crippen LogP contribution is -2.43. The molecule has 0 aliphatic rings. The number of halogens is 1. The molecule has 5 nitrogen and oxygen atoms in total. The summed E-state index contributed by atoms with van der Waals surface area (Å²) in [6.45, 7) is 3.76. The SMILES string of the molecule is CCCNC(=NCc1ccccc1)NCC(=O)N(C)C.I. The average Bonchev–Trinajstić information content (AvgIpc) is 2.47. The monoisotopic (exact) mass is 404 g/mol. The molecule has 0 saturated carbocycles. The lowest BCUT2D eigenvalue weighted by Gasteiger charge is -2.14. The molecule has 2 N–H and O–H groups in total. The topological polar surface area (TPSA) is 56.7 Å². The van der Waals surface area contributed by atoms with Gasteiger partial charge in [0.2, 0.25) is 5.91 Å². The molecule has 0 atom stereocenters. The third-order valence-electron chi connectivity index (χ3n) is 2.71. The smallest absolute Gasteiger partial charge is 0.241 e. The quantitative estimate of drug-likeness (QED) is 0.432. The Kier molecular flexibility index (Phi) is 10.7. The maximum absolute atomic E-state index is 11.6. The van der Waals surface area contributed by atoms with Crippen LogP contribution in [0.1, 0.15) is 18.9 Å². The van der Waals surface area contributed by atoms with Crippen molar-refractivity contribution in [3.05, 3.63) is 35.9 Å². The van der Waals surface area contributed by atoms with Gasteiger partial charge in [0.05, 0.1) is 13.1 Å². The van der Waals surface area contributed by atoms with Crippen molar-refractivity contribution in [1.82, 2.24) is 15.5 Å². The number of benzene rings is 1. The molecule has 6 heteroatoms. The van der Waals surface area contributed by atoms with Crippen molar-refractivity contribution in [2.24, 2.45) is 4.99 Å². The minimum absolute atomic E-state index is 0. The van der Waals surface area contributed by atoms with E-state index in [0.29, 0.717) is 12.5 Å². The van der Waals surface area contributed by atoms with Crippen LogP contribution >= 0.6 is 24.0 Å².